The number of ether oxygens (including phenoxy) is 1. The van der Waals surface area contributed by atoms with E-state index in [9.17, 15) is 12.8 Å². The smallest absolute Gasteiger partial charge is 0.240 e. The van der Waals surface area contributed by atoms with Crippen LogP contribution in [0.25, 0.3) is 10.9 Å². The van der Waals surface area contributed by atoms with Crippen LogP contribution < -0.4 is 9.46 Å². The van der Waals surface area contributed by atoms with Crippen LogP contribution in [0.15, 0.2) is 78.1 Å². The Hall–Kier alpha value is -3.74. The van der Waals surface area contributed by atoms with E-state index >= 15 is 0 Å². The first-order chi connectivity index (χ1) is 17.0. The lowest BCUT2D eigenvalue weighted by molar-refractivity contribution is 0.306. The topological polar surface area (TPSA) is 97.0 Å². The highest BCUT2D eigenvalue weighted by Gasteiger charge is 2.14. The minimum Gasteiger partial charge on any atom is -0.489 e. The summed E-state index contributed by atoms with van der Waals surface area (Å²) in [7, 11) is -3.70. The van der Waals surface area contributed by atoms with Crippen LogP contribution in [0.4, 0.5) is 4.39 Å². The lowest BCUT2D eigenvalue weighted by Gasteiger charge is -2.08. The summed E-state index contributed by atoms with van der Waals surface area (Å²) in [4.78, 5) is 4.13. The van der Waals surface area contributed by atoms with E-state index in [-0.39, 0.29) is 11.4 Å². The first kappa shape index (κ1) is 24.4. The monoisotopic (exact) mass is 492 g/mol. The highest BCUT2D eigenvalue weighted by molar-refractivity contribution is 7.89. The highest BCUT2D eigenvalue weighted by Crippen LogP contribution is 2.28. The van der Waals surface area contributed by atoms with Crippen LogP contribution >= 0.6 is 0 Å². The molecule has 7 nitrogen and oxygen atoms in total. The molecule has 0 bridgehead atoms. The van der Waals surface area contributed by atoms with E-state index in [0.717, 1.165) is 39.9 Å². The predicted molar refractivity (Wildman–Crippen MR) is 131 cm³/mol. The summed E-state index contributed by atoms with van der Waals surface area (Å²) in [5, 5.41) is 10.0. The van der Waals surface area contributed by atoms with Crippen LogP contribution in [0.3, 0.4) is 0 Å². The van der Waals surface area contributed by atoms with Crippen molar-refractivity contribution >= 4 is 20.9 Å². The van der Waals surface area contributed by atoms with Gasteiger partial charge in [-0.25, -0.2) is 17.5 Å². The van der Waals surface area contributed by atoms with E-state index in [1.54, 1.807) is 12.4 Å². The zero-order valence-corrected chi connectivity index (χ0v) is 19.8. The molecule has 9 heteroatoms. The molecular formula is C26H25FN4O3S. The summed E-state index contributed by atoms with van der Waals surface area (Å²) >= 11 is 0. The van der Waals surface area contributed by atoms with Gasteiger partial charge in [-0.2, -0.15) is 5.26 Å². The van der Waals surface area contributed by atoms with Crippen LogP contribution in [0.1, 0.15) is 24.0 Å². The SMILES string of the molecule is N#CCCn1cc(CCCNS(=O)(=O)c2ccc(F)cc2)c2cc(OCc3cccnc3)ccc21. The van der Waals surface area contributed by atoms with E-state index < -0.39 is 15.8 Å². The molecule has 0 saturated carbocycles. The van der Waals surface area contributed by atoms with Crippen LogP contribution in [-0.2, 0) is 29.6 Å². The van der Waals surface area contributed by atoms with Crippen molar-refractivity contribution in [3.05, 3.63) is 90.1 Å². The van der Waals surface area contributed by atoms with Gasteiger partial charge in [0.25, 0.3) is 0 Å². The van der Waals surface area contributed by atoms with E-state index in [4.69, 9.17) is 10.00 Å². The zero-order valence-electron chi connectivity index (χ0n) is 19.0. The van der Waals surface area contributed by atoms with Crippen molar-refractivity contribution in [2.45, 2.75) is 37.3 Å². The molecule has 0 amide bonds. The van der Waals surface area contributed by atoms with Gasteiger partial charge in [-0.15, -0.1) is 0 Å². The predicted octanol–water partition coefficient (Wildman–Crippen LogP) is 4.58. The Kier molecular flexibility index (Phi) is 7.75. The van der Waals surface area contributed by atoms with Crippen LogP contribution in [0.2, 0.25) is 0 Å². The fourth-order valence-electron chi connectivity index (χ4n) is 3.83. The summed E-state index contributed by atoms with van der Waals surface area (Å²) in [5.41, 5.74) is 3.01. The molecule has 180 valence electrons. The number of sulfonamides is 1. The van der Waals surface area contributed by atoms with Gasteiger partial charge < -0.3 is 9.30 Å². The molecular weight excluding hydrogens is 467 g/mol. The second kappa shape index (κ2) is 11.1. The van der Waals surface area contributed by atoms with Gasteiger partial charge in [-0.3, -0.25) is 4.98 Å². The van der Waals surface area contributed by atoms with Gasteiger partial charge in [0.15, 0.2) is 0 Å². The number of hydrogen-bond donors (Lipinski definition) is 1. The van der Waals surface area contributed by atoms with Crippen LogP contribution in [0, 0.1) is 17.1 Å². The van der Waals surface area contributed by atoms with Crippen molar-refractivity contribution in [3.8, 4) is 11.8 Å². The quantitative estimate of drug-likeness (QED) is 0.309. The molecule has 0 aliphatic carbocycles. The number of nitrogens with zero attached hydrogens (tertiary/aromatic N) is 3. The van der Waals surface area contributed by atoms with Crippen molar-refractivity contribution in [2.24, 2.45) is 0 Å². The van der Waals surface area contributed by atoms with Crippen LogP contribution in [-0.4, -0.2) is 24.5 Å². The number of pyridine rings is 1. The Morgan fingerprint density at radius 3 is 2.71 bits per heavy atom. The van der Waals surface area contributed by atoms with Crippen molar-refractivity contribution in [2.75, 3.05) is 6.54 Å². The molecule has 4 rings (SSSR count). The molecule has 0 fully saturated rings. The third kappa shape index (κ3) is 6.23. The average molecular weight is 493 g/mol. The van der Waals surface area contributed by atoms with Gasteiger partial charge in [0.05, 0.1) is 17.4 Å². The maximum absolute atomic E-state index is 13.1. The van der Waals surface area contributed by atoms with E-state index in [0.29, 0.717) is 32.4 Å². The number of nitriles is 1. The largest absolute Gasteiger partial charge is 0.489 e. The molecule has 0 aliphatic heterocycles. The third-order valence-electron chi connectivity index (χ3n) is 5.57. The molecule has 35 heavy (non-hydrogen) atoms. The van der Waals surface area contributed by atoms with Crippen molar-refractivity contribution in [1.82, 2.24) is 14.3 Å². The van der Waals surface area contributed by atoms with E-state index in [1.165, 1.54) is 12.1 Å². The standard InChI is InChI=1S/C26H25FN4O3S/c27-22-6-9-24(10-7-22)35(32,33)30-14-2-5-21-18-31(15-3-12-28)26-11-8-23(16-25(21)26)34-19-20-4-1-13-29-17-20/h1,4,6-11,13,16-18,30H,2-3,5,14-15,19H2. The summed E-state index contributed by atoms with van der Waals surface area (Å²) in [5.74, 6) is 0.234. The van der Waals surface area contributed by atoms with E-state index in [1.807, 2.05) is 41.1 Å². The number of halogens is 1. The number of benzene rings is 2. The van der Waals surface area contributed by atoms with Crippen molar-refractivity contribution in [1.29, 1.82) is 5.26 Å². The van der Waals surface area contributed by atoms with Gasteiger partial charge >= 0.3 is 0 Å². The Morgan fingerprint density at radius 1 is 1.14 bits per heavy atom. The Labute approximate surface area is 203 Å². The first-order valence-corrected chi connectivity index (χ1v) is 12.7. The molecule has 2 aromatic carbocycles. The summed E-state index contributed by atoms with van der Waals surface area (Å²) in [6.07, 6.45) is 7.08. The average Bonchev–Trinajstić information content (AvgIpc) is 3.21. The molecule has 2 heterocycles. The third-order valence-corrected chi connectivity index (χ3v) is 7.04. The van der Waals surface area contributed by atoms with Crippen molar-refractivity contribution in [3.63, 3.8) is 0 Å². The van der Waals surface area contributed by atoms with Gasteiger partial charge in [0.1, 0.15) is 18.2 Å². The fraction of sp³-hybridized carbons (Fsp3) is 0.231. The Morgan fingerprint density at radius 2 is 1.97 bits per heavy atom. The molecule has 0 atom stereocenters. The summed E-state index contributed by atoms with van der Waals surface area (Å²) in [6, 6.07) is 16.6. The maximum atomic E-state index is 13.1. The molecule has 0 saturated heterocycles. The number of aryl methyl sites for hydroxylation is 2. The van der Waals surface area contributed by atoms with Crippen LogP contribution in [0.5, 0.6) is 5.75 Å². The lowest BCUT2D eigenvalue weighted by Crippen LogP contribution is -2.25. The van der Waals surface area contributed by atoms with Gasteiger partial charge in [-0.1, -0.05) is 6.07 Å². The van der Waals surface area contributed by atoms with Gasteiger partial charge in [-0.05, 0) is 66.9 Å². The number of hydrogen-bond acceptors (Lipinski definition) is 5. The number of nitrogens with one attached hydrogen (secondary N) is 1. The Bertz CT molecular complexity index is 1430. The minimum atomic E-state index is -3.70. The fourth-order valence-corrected chi connectivity index (χ4v) is 4.90. The summed E-state index contributed by atoms with van der Waals surface area (Å²) in [6.45, 7) is 1.21. The molecule has 0 radical (unpaired) electrons. The Balaban J connectivity index is 1.46. The number of rotatable bonds is 11. The first-order valence-electron chi connectivity index (χ1n) is 11.2. The molecule has 4 aromatic rings. The number of fused-ring (bicyclic) bond motifs is 1. The minimum absolute atomic E-state index is 0.0300. The maximum Gasteiger partial charge on any atom is 0.240 e. The highest BCUT2D eigenvalue weighted by atomic mass is 32.2. The molecule has 0 unspecified atom stereocenters. The second-order valence-corrected chi connectivity index (χ2v) is 9.81. The van der Waals surface area contributed by atoms with Crippen molar-refractivity contribution < 1.29 is 17.5 Å². The van der Waals surface area contributed by atoms with E-state index in [2.05, 4.69) is 15.8 Å². The number of aromatic nitrogens is 2. The second-order valence-electron chi connectivity index (χ2n) is 8.04. The molecule has 0 aliphatic rings. The lowest BCUT2D eigenvalue weighted by atomic mass is 10.1. The van der Waals surface area contributed by atoms with Gasteiger partial charge in [0.2, 0.25) is 10.0 Å². The zero-order chi connectivity index (χ0) is 24.7. The van der Waals surface area contributed by atoms with Gasteiger partial charge in [0, 0.05) is 48.1 Å². The molecule has 0 spiro atoms. The molecule has 2 aromatic heterocycles. The summed E-state index contributed by atoms with van der Waals surface area (Å²) < 4.78 is 48.5. The normalized spacial score (nSPS) is 11.4. The molecule has 1 N–H and O–H groups in total.